The monoisotopic (exact) mass is 288 g/mol. The lowest BCUT2D eigenvalue weighted by Crippen LogP contribution is -2.46. The second-order valence-corrected chi connectivity index (χ2v) is 4.83. The molecule has 1 aromatic carbocycles. The summed E-state index contributed by atoms with van der Waals surface area (Å²) in [6.45, 7) is 2.51. The highest BCUT2D eigenvalue weighted by Gasteiger charge is 2.39. The molecule has 0 bridgehead atoms. The Morgan fingerprint density at radius 2 is 2.24 bits per heavy atom. The molecule has 0 saturated carbocycles. The highest BCUT2D eigenvalue weighted by molar-refractivity contribution is 5.95. The molecule has 1 aliphatic heterocycles. The first kappa shape index (κ1) is 15.0. The maximum absolute atomic E-state index is 12.6. The van der Waals surface area contributed by atoms with Gasteiger partial charge in [0.25, 0.3) is 5.91 Å². The van der Waals surface area contributed by atoms with E-state index < -0.39 is 17.9 Å². The number of hydrogen-bond donors (Lipinski definition) is 1. The molecule has 110 valence electrons. The van der Waals surface area contributed by atoms with Gasteiger partial charge in [0.1, 0.15) is 5.92 Å². The van der Waals surface area contributed by atoms with E-state index in [1.807, 2.05) is 6.07 Å². The Balaban J connectivity index is 2.26. The van der Waals surface area contributed by atoms with Crippen LogP contribution in [-0.4, -0.2) is 47.7 Å². The first-order valence-electron chi connectivity index (χ1n) is 6.70. The lowest BCUT2D eigenvalue weighted by Gasteiger charge is -2.29. The van der Waals surface area contributed by atoms with Gasteiger partial charge in [-0.25, -0.2) is 0 Å². The molecular formula is C15H16N2O4. The van der Waals surface area contributed by atoms with Crippen LogP contribution in [0.1, 0.15) is 22.8 Å². The summed E-state index contributed by atoms with van der Waals surface area (Å²) in [5, 5.41) is 18.1. The third-order valence-corrected chi connectivity index (χ3v) is 3.61. The molecule has 21 heavy (non-hydrogen) atoms. The van der Waals surface area contributed by atoms with Crippen molar-refractivity contribution in [1.82, 2.24) is 4.90 Å². The van der Waals surface area contributed by atoms with Crippen LogP contribution in [0.3, 0.4) is 0 Å². The number of benzene rings is 1. The van der Waals surface area contributed by atoms with Gasteiger partial charge in [-0.05, 0) is 25.1 Å². The number of aliphatic carboxylic acids is 1. The molecule has 1 N–H and O–H groups in total. The smallest absolute Gasteiger partial charge is 0.311 e. The molecule has 1 heterocycles. The number of rotatable bonds is 4. The fraction of sp³-hybridized carbons (Fsp3) is 0.400. The van der Waals surface area contributed by atoms with Crippen LogP contribution >= 0.6 is 0 Å². The van der Waals surface area contributed by atoms with E-state index >= 15 is 0 Å². The number of amides is 1. The zero-order valence-electron chi connectivity index (χ0n) is 11.7. The summed E-state index contributed by atoms with van der Waals surface area (Å²) in [5.41, 5.74) is 0.779. The van der Waals surface area contributed by atoms with Crippen molar-refractivity contribution in [3.05, 3.63) is 35.4 Å². The number of carboxylic acid groups (broad SMARTS) is 1. The van der Waals surface area contributed by atoms with E-state index in [0.29, 0.717) is 17.7 Å². The summed E-state index contributed by atoms with van der Waals surface area (Å²) < 4.78 is 5.22. The third-order valence-electron chi connectivity index (χ3n) is 3.61. The van der Waals surface area contributed by atoms with Crippen molar-refractivity contribution in [2.75, 3.05) is 19.8 Å². The minimum absolute atomic E-state index is 0.113. The predicted octanol–water partition coefficient (Wildman–Crippen LogP) is 1.12. The second-order valence-electron chi connectivity index (χ2n) is 4.83. The Labute approximate surface area is 122 Å². The molecule has 1 aromatic rings. The number of nitriles is 1. The number of nitrogens with zero attached hydrogens (tertiary/aromatic N) is 2. The number of carboxylic acids is 1. The first-order chi connectivity index (χ1) is 10.1. The van der Waals surface area contributed by atoms with Gasteiger partial charge < -0.3 is 14.7 Å². The lowest BCUT2D eigenvalue weighted by molar-refractivity contribution is -0.142. The third kappa shape index (κ3) is 3.03. The lowest BCUT2D eigenvalue weighted by atomic mass is 10.0. The van der Waals surface area contributed by atoms with Gasteiger partial charge in [0.05, 0.1) is 30.9 Å². The van der Waals surface area contributed by atoms with Crippen molar-refractivity contribution in [3.63, 3.8) is 0 Å². The topological polar surface area (TPSA) is 90.6 Å². The largest absolute Gasteiger partial charge is 0.481 e. The van der Waals surface area contributed by atoms with Crippen molar-refractivity contribution in [1.29, 1.82) is 5.26 Å². The quantitative estimate of drug-likeness (QED) is 0.896. The van der Waals surface area contributed by atoms with Gasteiger partial charge in [0.2, 0.25) is 0 Å². The van der Waals surface area contributed by atoms with Gasteiger partial charge in [-0.3, -0.25) is 9.59 Å². The van der Waals surface area contributed by atoms with Crippen LogP contribution in [-0.2, 0) is 9.53 Å². The fourth-order valence-electron chi connectivity index (χ4n) is 2.50. The van der Waals surface area contributed by atoms with E-state index in [9.17, 15) is 14.7 Å². The number of ether oxygens (including phenoxy) is 1. The Morgan fingerprint density at radius 3 is 2.86 bits per heavy atom. The summed E-state index contributed by atoms with van der Waals surface area (Å²) in [7, 11) is 0. The van der Waals surface area contributed by atoms with Crippen molar-refractivity contribution >= 4 is 11.9 Å². The summed E-state index contributed by atoms with van der Waals surface area (Å²) in [6.07, 6.45) is 0. The Morgan fingerprint density at radius 1 is 1.48 bits per heavy atom. The van der Waals surface area contributed by atoms with E-state index in [1.165, 1.54) is 11.0 Å². The summed E-state index contributed by atoms with van der Waals surface area (Å²) >= 11 is 0. The molecule has 6 heteroatoms. The second kappa shape index (κ2) is 6.37. The van der Waals surface area contributed by atoms with E-state index in [2.05, 4.69) is 0 Å². The first-order valence-corrected chi connectivity index (χ1v) is 6.70. The van der Waals surface area contributed by atoms with Crippen LogP contribution in [0.15, 0.2) is 24.3 Å². The van der Waals surface area contributed by atoms with Gasteiger partial charge in [-0.1, -0.05) is 6.07 Å². The van der Waals surface area contributed by atoms with Crippen LogP contribution in [0.25, 0.3) is 0 Å². The zero-order valence-corrected chi connectivity index (χ0v) is 11.7. The Kier molecular flexibility index (Phi) is 4.55. The summed E-state index contributed by atoms with van der Waals surface area (Å²) in [6, 6.07) is 7.89. The fourth-order valence-corrected chi connectivity index (χ4v) is 2.50. The molecule has 1 saturated heterocycles. The van der Waals surface area contributed by atoms with Gasteiger partial charge in [0, 0.05) is 12.1 Å². The van der Waals surface area contributed by atoms with Gasteiger partial charge in [-0.15, -0.1) is 0 Å². The molecule has 0 aliphatic carbocycles. The van der Waals surface area contributed by atoms with Crippen molar-refractivity contribution in [2.24, 2.45) is 5.92 Å². The van der Waals surface area contributed by atoms with E-state index in [0.717, 1.165) is 0 Å². The number of likely N-dealkylation sites (N-methyl/N-ethyl adjacent to an activating group) is 1. The highest BCUT2D eigenvalue weighted by Crippen LogP contribution is 2.22. The summed E-state index contributed by atoms with van der Waals surface area (Å²) in [4.78, 5) is 25.3. The van der Waals surface area contributed by atoms with Crippen LogP contribution in [0.4, 0.5) is 0 Å². The van der Waals surface area contributed by atoms with E-state index in [4.69, 9.17) is 10.00 Å². The zero-order chi connectivity index (χ0) is 15.4. The van der Waals surface area contributed by atoms with E-state index in [-0.39, 0.29) is 19.1 Å². The Hall–Kier alpha value is -2.39. The van der Waals surface area contributed by atoms with Crippen LogP contribution in [0.5, 0.6) is 0 Å². The average molecular weight is 288 g/mol. The molecule has 0 aromatic heterocycles. The molecule has 0 spiro atoms. The van der Waals surface area contributed by atoms with Crippen LogP contribution in [0, 0.1) is 17.2 Å². The molecule has 2 atom stereocenters. The minimum Gasteiger partial charge on any atom is -0.481 e. The Bertz CT molecular complexity index is 594. The maximum Gasteiger partial charge on any atom is 0.311 e. The van der Waals surface area contributed by atoms with Crippen molar-refractivity contribution < 1.29 is 19.4 Å². The van der Waals surface area contributed by atoms with Crippen molar-refractivity contribution in [2.45, 2.75) is 13.0 Å². The molecule has 2 unspecified atom stereocenters. The predicted molar refractivity (Wildman–Crippen MR) is 73.6 cm³/mol. The highest BCUT2D eigenvalue weighted by atomic mass is 16.5. The van der Waals surface area contributed by atoms with Crippen molar-refractivity contribution in [3.8, 4) is 6.07 Å². The van der Waals surface area contributed by atoms with E-state index in [1.54, 1.807) is 25.1 Å². The normalized spacial score (nSPS) is 20.8. The molecular weight excluding hydrogens is 272 g/mol. The number of hydrogen-bond acceptors (Lipinski definition) is 4. The van der Waals surface area contributed by atoms with Gasteiger partial charge in [0.15, 0.2) is 0 Å². The average Bonchev–Trinajstić information content (AvgIpc) is 2.97. The van der Waals surface area contributed by atoms with Crippen LogP contribution in [0.2, 0.25) is 0 Å². The molecule has 1 fully saturated rings. The molecule has 1 aliphatic rings. The van der Waals surface area contributed by atoms with Crippen LogP contribution < -0.4 is 0 Å². The van der Waals surface area contributed by atoms with Gasteiger partial charge in [-0.2, -0.15) is 5.26 Å². The standard InChI is InChI=1S/C15H16N2O4/c1-2-17(13-9-21-8-12(13)15(19)20)14(18)11-5-3-4-10(6-11)7-16/h3-6,12-13H,2,8-9H2,1H3,(H,19,20). The number of carbonyl (C=O) groups excluding carboxylic acids is 1. The minimum atomic E-state index is -0.963. The SMILES string of the molecule is CCN(C(=O)c1cccc(C#N)c1)C1COCC1C(=O)O. The summed E-state index contributed by atoms with van der Waals surface area (Å²) in [5.74, 6) is -1.96. The number of carbonyl (C=O) groups is 2. The molecule has 0 radical (unpaired) electrons. The maximum atomic E-state index is 12.6. The van der Waals surface area contributed by atoms with Gasteiger partial charge >= 0.3 is 5.97 Å². The molecule has 1 amide bonds. The molecule has 6 nitrogen and oxygen atoms in total. The molecule has 2 rings (SSSR count).